The average Bonchev–Trinajstić information content (AvgIpc) is 2.48. The molecule has 1 atom stereocenters. The molecule has 0 aliphatic heterocycles. The van der Waals surface area contributed by atoms with Crippen molar-refractivity contribution in [2.75, 3.05) is 11.9 Å². The number of ether oxygens (including phenoxy) is 1. The first-order chi connectivity index (χ1) is 10.6. The topological polar surface area (TPSA) is 77.2 Å². The standard InChI is InChI=1S/C17H21N3O2/c1-3-22-14-4-5-15(13-6-8-19-9-7-13)16(11-14)20-17(21)10-12(2)18/h4-9,11-12H,3,10,18H2,1-2H3,(H,20,21). The molecular formula is C17H21N3O2. The molecule has 0 bridgehead atoms. The fraction of sp³-hybridized carbons (Fsp3) is 0.294. The quantitative estimate of drug-likeness (QED) is 0.860. The van der Waals surface area contributed by atoms with Crippen molar-refractivity contribution in [3.63, 3.8) is 0 Å². The first kappa shape index (κ1) is 16.0. The number of amides is 1. The highest BCUT2D eigenvalue weighted by atomic mass is 16.5. The number of nitrogens with two attached hydrogens (primary N) is 1. The zero-order valence-electron chi connectivity index (χ0n) is 12.9. The summed E-state index contributed by atoms with van der Waals surface area (Å²) in [6, 6.07) is 9.27. The van der Waals surface area contributed by atoms with Gasteiger partial charge in [0.05, 0.1) is 12.3 Å². The van der Waals surface area contributed by atoms with Gasteiger partial charge in [0, 0.05) is 36.5 Å². The molecule has 1 unspecified atom stereocenters. The van der Waals surface area contributed by atoms with E-state index in [1.165, 1.54) is 0 Å². The summed E-state index contributed by atoms with van der Waals surface area (Å²) in [5.41, 5.74) is 8.29. The van der Waals surface area contributed by atoms with Crippen molar-refractivity contribution in [3.8, 4) is 16.9 Å². The van der Waals surface area contributed by atoms with Crippen LogP contribution in [-0.4, -0.2) is 23.5 Å². The number of nitrogens with one attached hydrogen (secondary N) is 1. The number of hydrogen-bond donors (Lipinski definition) is 2. The maximum atomic E-state index is 12.0. The maximum absolute atomic E-state index is 12.0. The fourth-order valence-corrected chi connectivity index (χ4v) is 2.16. The molecule has 116 valence electrons. The van der Waals surface area contributed by atoms with Gasteiger partial charge in [-0.05, 0) is 43.7 Å². The van der Waals surface area contributed by atoms with Crippen LogP contribution in [0.1, 0.15) is 20.3 Å². The fourth-order valence-electron chi connectivity index (χ4n) is 2.16. The maximum Gasteiger partial charge on any atom is 0.225 e. The summed E-state index contributed by atoms with van der Waals surface area (Å²) in [5.74, 6) is 0.607. The normalized spacial score (nSPS) is 11.8. The second-order valence-corrected chi connectivity index (χ2v) is 5.11. The molecule has 1 aromatic heterocycles. The smallest absolute Gasteiger partial charge is 0.225 e. The molecule has 0 fully saturated rings. The number of nitrogens with zero attached hydrogens (tertiary/aromatic N) is 1. The number of anilines is 1. The number of carbonyl (C=O) groups is 1. The molecule has 5 heteroatoms. The van der Waals surface area contributed by atoms with E-state index in [4.69, 9.17) is 10.5 Å². The summed E-state index contributed by atoms with van der Waals surface area (Å²) in [6.45, 7) is 4.30. The molecule has 22 heavy (non-hydrogen) atoms. The molecule has 0 aliphatic carbocycles. The monoisotopic (exact) mass is 299 g/mol. The first-order valence-corrected chi connectivity index (χ1v) is 7.32. The van der Waals surface area contributed by atoms with Crippen LogP contribution < -0.4 is 15.8 Å². The van der Waals surface area contributed by atoms with Crippen LogP contribution in [0, 0.1) is 0 Å². The number of carbonyl (C=O) groups excluding carboxylic acids is 1. The number of hydrogen-bond acceptors (Lipinski definition) is 4. The van der Waals surface area contributed by atoms with Crippen molar-refractivity contribution in [2.45, 2.75) is 26.3 Å². The number of rotatable bonds is 6. The molecule has 1 heterocycles. The van der Waals surface area contributed by atoms with Gasteiger partial charge >= 0.3 is 0 Å². The zero-order valence-corrected chi connectivity index (χ0v) is 12.9. The number of aromatic nitrogens is 1. The minimum Gasteiger partial charge on any atom is -0.494 e. The van der Waals surface area contributed by atoms with Crippen LogP contribution in [0.15, 0.2) is 42.7 Å². The Bertz CT molecular complexity index is 627. The van der Waals surface area contributed by atoms with E-state index in [1.807, 2.05) is 37.3 Å². The van der Waals surface area contributed by atoms with E-state index in [2.05, 4.69) is 10.3 Å². The van der Waals surface area contributed by atoms with Crippen LogP contribution in [0.3, 0.4) is 0 Å². The van der Waals surface area contributed by atoms with Crippen LogP contribution in [0.5, 0.6) is 5.75 Å². The number of pyridine rings is 1. The van der Waals surface area contributed by atoms with E-state index in [0.717, 1.165) is 16.9 Å². The van der Waals surface area contributed by atoms with E-state index in [1.54, 1.807) is 19.3 Å². The summed E-state index contributed by atoms with van der Waals surface area (Å²) in [4.78, 5) is 16.1. The summed E-state index contributed by atoms with van der Waals surface area (Å²) < 4.78 is 5.51. The Kier molecular flexibility index (Phi) is 5.49. The van der Waals surface area contributed by atoms with E-state index >= 15 is 0 Å². The van der Waals surface area contributed by atoms with Gasteiger partial charge in [0.15, 0.2) is 0 Å². The van der Waals surface area contributed by atoms with Gasteiger partial charge in [-0.2, -0.15) is 0 Å². The Hall–Kier alpha value is -2.40. The van der Waals surface area contributed by atoms with Crippen molar-refractivity contribution in [1.29, 1.82) is 0 Å². The third kappa shape index (κ3) is 4.30. The van der Waals surface area contributed by atoms with Gasteiger partial charge in [0.2, 0.25) is 5.91 Å². The summed E-state index contributed by atoms with van der Waals surface area (Å²) >= 11 is 0. The SMILES string of the molecule is CCOc1ccc(-c2ccncc2)c(NC(=O)CC(C)N)c1. The summed E-state index contributed by atoms with van der Waals surface area (Å²) in [5, 5.41) is 2.92. The van der Waals surface area contributed by atoms with Crippen molar-refractivity contribution >= 4 is 11.6 Å². The lowest BCUT2D eigenvalue weighted by molar-refractivity contribution is -0.116. The Morgan fingerprint density at radius 3 is 2.68 bits per heavy atom. The molecule has 0 saturated carbocycles. The predicted molar refractivity (Wildman–Crippen MR) is 87.7 cm³/mol. The van der Waals surface area contributed by atoms with Gasteiger partial charge < -0.3 is 15.8 Å². The van der Waals surface area contributed by atoms with Crippen molar-refractivity contribution in [2.24, 2.45) is 5.73 Å². The summed E-state index contributed by atoms with van der Waals surface area (Å²) in [7, 11) is 0. The van der Waals surface area contributed by atoms with Crippen molar-refractivity contribution < 1.29 is 9.53 Å². The molecule has 1 amide bonds. The molecule has 1 aromatic carbocycles. The molecule has 0 aliphatic rings. The zero-order chi connectivity index (χ0) is 15.9. The Morgan fingerprint density at radius 2 is 2.05 bits per heavy atom. The molecule has 5 nitrogen and oxygen atoms in total. The highest BCUT2D eigenvalue weighted by molar-refractivity contribution is 5.96. The van der Waals surface area contributed by atoms with E-state index < -0.39 is 0 Å². The molecule has 2 aromatic rings. The molecule has 0 saturated heterocycles. The Balaban J connectivity index is 2.34. The highest BCUT2D eigenvalue weighted by Gasteiger charge is 2.11. The average molecular weight is 299 g/mol. The lowest BCUT2D eigenvalue weighted by Gasteiger charge is -2.14. The molecule has 0 radical (unpaired) electrons. The van der Waals surface area contributed by atoms with Crippen LogP contribution in [-0.2, 0) is 4.79 Å². The Morgan fingerprint density at radius 1 is 1.32 bits per heavy atom. The minimum absolute atomic E-state index is 0.112. The Labute approximate surface area is 130 Å². The van der Waals surface area contributed by atoms with E-state index in [0.29, 0.717) is 12.3 Å². The van der Waals surface area contributed by atoms with Crippen LogP contribution in [0.2, 0.25) is 0 Å². The third-order valence-corrected chi connectivity index (χ3v) is 3.07. The van der Waals surface area contributed by atoms with Crippen LogP contribution in [0.4, 0.5) is 5.69 Å². The molecule has 3 N–H and O–H groups in total. The number of benzene rings is 1. The van der Waals surface area contributed by atoms with E-state index in [-0.39, 0.29) is 18.4 Å². The van der Waals surface area contributed by atoms with Gasteiger partial charge in [-0.25, -0.2) is 0 Å². The van der Waals surface area contributed by atoms with Crippen molar-refractivity contribution in [3.05, 3.63) is 42.7 Å². The van der Waals surface area contributed by atoms with Gasteiger partial charge in [-0.1, -0.05) is 0 Å². The predicted octanol–water partition coefficient (Wildman–Crippen LogP) is 2.82. The van der Waals surface area contributed by atoms with Crippen molar-refractivity contribution in [1.82, 2.24) is 4.98 Å². The minimum atomic E-state index is -0.181. The van der Waals surface area contributed by atoms with Gasteiger partial charge in [0.1, 0.15) is 5.75 Å². The summed E-state index contributed by atoms with van der Waals surface area (Å²) in [6.07, 6.45) is 3.72. The largest absolute Gasteiger partial charge is 0.494 e. The van der Waals surface area contributed by atoms with E-state index in [9.17, 15) is 4.79 Å². The second kappa shape index (κ2) is 7.56. The van der Waals surface area contributed by atoms with Crippen LogP contribution in [0.25, 0.3) is 11.1 Å². The highest BCUT2D eigenvalue weighted by Crippen LogP contribution is 2.31. The van der Waals surface area contributed by atoms with Gasteiger partial charge in [-0.15, -0.1) is 0 Å². The van der Waals surface area contributed by atoms with Gasteiger partial charge in [-0.3, -0.25) is 9.78 Å². The lowest BCUT2D eigenvalue weighted by atomic mass is 10.0. The molecular weight excluding hydrogens is 278 g/mol. The lowest BCUT2D eigenvalue weighted by Crippen LogP contribution is -2.24. The second-order valence-electron chi connectivity index (χ2n) is 5.11. The molecule has 0 spiro atoms. The van der Waals surface area contributed by atoms with Crippen LogP contribution >= 0.6 is 0 Å². The van der Waals surface area contributed by atoms with Gasteiger partial charge in [0.25, 0.3) is 0 Å². The first-order valence-electron chi connectivity index (χ1n) is 7.32. The molecule has 2 rings (SSSR count). The third-order valence-electron chi connectivity index (χ3n) is 3.07.